The van der Waals surface area contributed by atoms with Crippen LogP contribution >= 0.6 is 0 Å². The van der Waals surface area contributed by atoms with Gasteiger partial charge in [0, 0.05) is 19.3 Å². The standard InChI is InChI=1S/C37H61NO7/c1-6-8-10-12-14-16-17-18-19-20-22-24-26-28-36(40)45-33(31-43-30-29-34(37(41)42)38(3,4)5)32-44-35(39)27-25-23-21-15-13-11-9-7-2/h8,10,12,14,16-19,21,23,33-34H,6-7,9,11,13,15,20,22,24-32H2,1-5H3/p+1/b10-8+,14-12+,17-16+,19-18+,23-21+. The number of carbonyl (C=O) groups excluding carboxylic acids is 2. The van der Waals surface area contributed by atoms with Crippen LogP contribution in [0.15, 0.2) is 60.8 Å². The first-order valence-electron chi connectivity index (χ1n) is 16.9. The van der Waals surface area contributed by atoms with Gasteiger partial charge in [0.05, 0.1) is 34.4 Å². The minimum atomic E-state index is -0.891. The number of allylic oxidation sites excluding steroid dienone is 10. The van der Waals surface area contributed by atoms with Gasteiger partial charge in [0.15, 0.2) is 12.1 Å². The summed E-state index contributed by atoms with van der Waals surface area (Å²) in [5.74, 6) is -1.60. The lowest BCUT2D eigenvalue weighted by atomic mass is 10.1. The number of nitrogens with zero attached hydrogens (tertiary/aromatic N) is 1. The van der Waals surface area contributed by atoms with Crippen LogP contribution in [-0.4, -0.2) is 80.6 Å². The fourth-order valence-corrected chi connectivity index (χ4v) is 4.35. The molecule has 45 heavy (non-hydrogen) atoms. The Labute approximate surface area is 273 Å². The maximum Gasteiger partial charge on any atom is 0.362 e. The summed E-state index contributed by atoms with van der Waals surface area (Å²) in [5.41, 5.74) is 0. The van der Waals surface area contributed by atoms with Crippen LogP contribution in [0.2, 0.25) is 0 Å². The number of esters is 2. The molecule has 0 aliphatic carbocycles. The first-order chi connectivity index (χ1) is 21.6. The van der Waals surface area contributed by atoms with Crippen molar-refractivity contribution in [3.63, 3.8) is 0 Å². The molecule has 0 saturated carbocycles. The third-order valence-electron chi connectivity index (χ3n) is 7.01. The number of carbonyl (C=O) groups is 3. The zero-order valence-electron chi connectivity index (χ0n) is 28.8. The quantitative estimate of drug-likeness (QED) is 0.0308. The molecule has 8 nitrogen and oxygen atoms in total. The van der Waals surface area contributed by atoms with E-state index in [1.807, 2.05) is 63.7 Å². The maximum atomic E-state index is 12.6. The number of likely N-dealkylation sites (N-methyl/N-ethyl adjacent to an activating group) is 1. The van der Waals surface area contributed by atoms with E-state index in [4.69, 9.17) is 14.2 Å². The molecular formula is C37H62NO7+. The minimum Gasteiger partial charge on any atom is -0.477 e. The van der Waals surface area contributed by atoms with Gasteiger partial charge in [0.2, 0.25) is 0 Å². The summed E-state index contributed by atoms with van der Waals surface area (Å²) in [6.45, 7) is 4.42. The highest BCUT2D eigenvalue weighted by atomic mass is 16.6. The van der Waals surface area contributed by atoms with Crippen molar-refractivity contribution in [3.8, 4) is 0 Å². The molecule has 8 heteroatoms. The van der Waals surface area contributed by atoms with Crippen molar-refractivity contribution in [1.29, 1.82) is 0 Å². The summed E-state index contributed by atoms with van der Waals surface area (Å²) >= 11 is 0. The predicted molar refractivity (Wildman–Crippen MR) is 183 cm³/mol. The Balaban J connectivity index is 4.62. The van der Waals surface area contributed by atoms with Gasteiger partial charge in [0.25, 0.3) is 0 Å². The van der Waals surface area contributed by atoms with Crippen molar-refractivity contribution in [2.24, 2.45) is 0 Å². The van der Waals surface area contributed by atoms with Gasteiger partial charge in [-0.25, -0.2) is 4.79 Å². The smallest absolute Gasteiger partial charge is 0.362 e. The van der Waals surface area contributed by atoms with Crippen molar-refractivity contribution in [2.75, 3.05) is 41.0 Å². The zero-order valence-corrected chi connectivity index (χ0v) is 28.8. The highest BCUT2D eigenvalue weighted by molar-refractivity contribution is 5.72. The Bertz CT molecular complexity index is 928. The summed E-state index contributed by atoms with van der Waals surface area (Å²) < 4.78 is 17.0. The molecule has 1 N–H and O–H groups in total. The van der Waals surface area contributed by atoms with Gasteiger partial charge in [-0.05, 0) is 44.9 Å². The summed E-state index contributed by atoms with van der Waals surface area (Å²) in [7, 11) is 5.47. The lowest BCUT2D eigenvalue weighted by Gasteiger charge is -2.31. The second kappa shape index (κ2) is 28.5. The van der Waals surface area contributed by atoms with E-state index in [1.165, 1.54) is 19.3 Å². The summed E-state index contributed by atoms with van der Waals surface area (Å²) in [6.07, 6.45) is 31.5. The number of rotatable bonds is 28. The third kappa shape index (κ3) is 27.1. The van der Waals surface area contributed by atoms with Gasteiger partial charge in [-0.2, -0.15) is 0 Å². The number of hydrogen-bond acceptors (Lipinski definition) is 6. The van der Waals surface area contributed by atoms with Crippen LogP contribution in [0, 0.1) is 0 Å². The van der Waals surface area contributed by atoms with E-state index >= 15 is 0 Å². The molecule has 0 amide bonds. The van der Waals surface area contributed by atoms with Gasteiger partial charge >= 0.3 is 17.9 Å². The largest absolute Gasteiger partial charge is 0.477 e. The molecule has 0 heterocycles. The molecule has 0 fully saturated rings. The van der Waals surface area contributed by atoms with Crippen LogP contribution in [0.5, 0.6) is 0 Å². The SMILES string of the molecule is CC/C=C/C=C/C=C/C=C/CCCCCC(=O)OC(COCCC(C(=O)O)[N+](C)(C)C)COC(=O)CC/C=C/CCCCCC. The van der Waals surface area contributed by atoms with E-state index in [-0.39, 0.29) is 49.1 Å². The van der Waals surface area contributed by atoms with Crippen LogP contribution < -0.4 is 0 Å². The van der Waals surface area contributed by atoms with Gasteiger partial charge in [-0.3, -0.25) is 9.59 Å². The van der Waals surface area contributed by atoms with Gasteiger partial charge < -0.3 is 23.8 Å². The summed E-state index contributed by atoms with van der Waals surface area (Å²) in [5, 5.41) is 9.54. The molecule has 0 aliphatic heterocycles. The van der Waals surface area contributed by atoms with Crippen molar-refractivity contribution in [1.82, 2.24) is 0 Å². The molecule has 0 rings (SSSR count). The van der Waals surface area contributed by atoms with Crippen molar-refractivity contribution in [3.05, 3.63) is 60.8 Å². The molecular weight excluding hydrogens is 570 g/mol. The van der Waals surface area contributed by atoms with E-state index in [1.54, 1.807) is 0 Å². The van der Waals surface area contributed by atoms with E-state index in [0.717, 1.165) is 38.5 Å². The monoisotopic (exact) mass is 632 g/mol. The topological polar surface area (TPSA) is 99.1 Å². The molecule has 0 aromatic carbocycles. The number of unbranched alkanes of at least 4 members (excludes halogenated alkanes) is 7. The Morgan fingerprint density at radius 2 is 1.31 bits per heavy atom. The summed E-state index contributed by atoms with van der Waals surface area (Å²) in [6, 6.07) is -0.626. The lowest BCUT2D eigenvalue weighted by Crippen LogP contribution is -2.50. The molecule has 256 valence electrons. The predicted octanol–water partition coefficient (Wildman–Crippen LogP) is 7.90. The maximum absolute atomic E-state index is 12.6. The van der Waals surface area contributed by atoms with Crippen LogP contribution in [-0.2, 0) is 28.6 Å². The minimum absolute atomic E-state index is 0.0303. The van der Waals surface area contributed by atoms with E-state index in [2.05, 4.69) is 32.1 Å². The molecule has 0 radical (unpaired) electrons. The number of hydrogen-bond donors (Lipinski definition) is 1. The van der Waals surface area contributed by atoms with Crippen LogP contribution in [0.3, 0.4) is 0 Å². The zero-order chi connectivity index (χ0) is 33.6. The molecule has 0 aromatic rings. The molecule has 0 aromatic heterocycles. The number of aliphatic carboxylic acids is 1. The Morgan fingerprint density at radius 3 is 1.96 bits per heavy atom. The van der Waals surface area contributed by atoms with Crippen LogP contribution in [0.1, 0.15) is 104 Å². The molecule has 0 aliphatic rings. The molecule has 0 spiro atoms. The highest BCUT2D eigenvalue weighted by Gasteiger charge is 2.31. The molecule has 2 unspecified atom stereocenters. The number of quaternary nitrogens is 1. The first kappa shape index (κ1) is 42.0. The lowest BCUT2D eigenvalue weighted by molar-refractivity contribution is -0.887. The van der Waals surface area contributed by atoms with E-state index < -0.39 is 18.1 Å². The van der Waals surface area contributed by atoms with E-state index in [0.29, 0.717) is 19.3 Å². The second-order valence-corrected chi connectivity index (χ2v) is 12.1. The molecule has 2 atom stereocenters. The highest BCUT2D eigenvalue weighted by Crippen LogP contribution is 2.11. The fourth-order valence-electron chi connectivity index (χ4n) is 4.35. The second-order valence-electron chi connectivity index (χ2n) is 12.1. The average molecular weight is 633 g/mol. The Kier molecular flexibility index (Phi) is 26.6. The number of carboxylic acids is 1. The average Bonchev–Trinajstić information content (AvgIpc) is 2.98. The molecule has 0 saturated heterocycles. The number of carboxylic acid groups (broad SMARTS) is 1. The third-order valence-corrected chi connectivity index (χ3v) is 7.01. The van der Waals surface area contributed by atoms with Gasteiger partial charge in [0.1, 0.15) is 6.61 Å². The van der Waals surface area contributed by atoms with Crippen molar-refractivity contribution < 1.29 is 38.2 Å². The van der Waals surface area contributed by atoms with Gasteiger partial charge in [-0.1, -0.05) is 100 Å². The van der Waals surface area contributed by atoms with E-state index in [9.17, 15) is 19.5 Å². The normalized spacial score (nSPS) is 13.9. The van der Waals surface area contributed by atoms with Crippen molar-refractivity contribution in [2.45, 2.75) is 116 Å². The Hall–Kier alpha value is -2.97. The van der Waals surface area contributed by atoms with Crippen molar-refractivity contribution >= 4 is 17.9 Å². The molecule has 0 bridgehead atoms. The fraction of sp³-hybridized carbons (Fsp3) is 0.649. The Morgan fingerprint density at radius 1 is 0.689 bits per heavy atom. The van der Waals surface area contributed by atoms with Crippen LogP contribution in [0.4, 0.5) is 0 Å². The summed E-state index contributed by atoms with van der Waals surface area (Å²) in [4.78, 5) is 36.5. The number of ether oxygens (including phenoxy) is 3. The van der Waals surface area contributed by atoms with Gasteiger partial charge in [-0.15, -0.1) is 0 Å². The van der Waals surface area contributed by atoms with Crippen LogP contribution in [0.25, 0.3) is 0 Å². The first-order valence-corrected chi connectivity index (χ1v) is 16.9.